The van der Waals surface area contributed by atoms with E-state index in [-0.39, 0.29) is 12.4 Å². The second-order valence-electron chi connectivity index (χ2n) is 5.05. The fourth-order valence-corrected chi connectivity index (χ4v) is 4.72. The van der Waals surface area contributed by atoms with Gasteiger partial charge in [-0.1, -0.05) is 30.7 Å². The maximum atomic E-state index is 12.2. The number of sulfone groups is 1. The van der Waals surface area contributed by atoms with Crippen LogP contribution >= 0.6 is 11.6 Å². The van der Waals surface area contributed by atoms with Gasteiger partial charge in [0.15, 0.2) is 9.84 Å². The normalized spacial score (nSPS) is 28.2. The molecule has 0 spiro atoms. The van der Waals surface area contributed by atoms with Crippen LogP contribution in [0.3, 0.4) is 0 Å². The molecule has 1 aliphatic rings. The van der Waals surface area contributed by atoms with Crippen LogP contribution in [0, 0.1) is 0 Å². The summed E-state index contributed by atoms with van der Waals surface area (Å²) in [5.41, 5.74) is 5.27. The SMILES string of the molecule is CCOC(=O)[C@]1(N)[C@@H](c2ccc(Cl)cc2)[C@@H]1S(=O)(=O)CC. The molecule has 0 amide bonds. The fraction of sp³-hybridized carbons (Fsp3) is 0.500. The second-order valence-corrected chi connectivity index (χ2v) is 7.90. The Hall–Kier alpha value is -1.11. The second kappa shape index (κ2) is 5.59. The number of esters is 1. The summed E-state index contributed by atoms with van der Waals surface area (Å²) in [6, 6.07) is 6.69. The number of hydrogen-bond donors (Lipinski definition) is 1. The van der Waals surface area contributed by atoms with E-state index in [4.69, 9.17) is 22.1 Å². The lowest BCUT2D eigenvalue weighted by Crippen LogP contribution is -2.41. The van der Waals surface area contributed by atoms with Crippen LogP contribution in [0.5, 0.6) is 0 Å². The molecule has 7 heteroatoms. The lowest BCUT2D eigenvalue weighted by Gasteiger charge is -2.10. The summed E-state index contributed by atoms with van der Waals surface area (Å²) in [6.45, 7) is 3.35. The van der Waals surface area contributed by atoms with Crippen molar-refractivity contribution in [2.75, 3.05) is 12.4 Å². The lowest BCUT2D eigenvalue weighted by atomic mass is 10.1. The molecule has 2 N–H and O–H groups in total. The minimum atomic E-state index is -3.46. The van der Waals surface area contributed by atoms with Crippen LogP contribution in [0.25, 0.3) is 0 Å². The molecule has 1 aliphatic carbocycles. The van der Waals surface area contributed by atoms with Crippen molar-refractivity contribution in [2.24, 2.45) is 5.73 Å². The minimum absolute atomic E-state index is 0.0693. The molecule has 0 aromatic heterocycles. The van der Waals surface area contributed by atoms with Gasteiger partial charge in [0.1, 0.15) is 5.54 Å². The van der Waals surface area contributed by atoms with E-state index in [0.717, 1.165) is 0 Å². The Kier molecular flexibility index (Phi) is 4.33. The summed E-state index contributed by atoms with van der Waals surface area (Å²) in [6.07, 6.45) is 0. The first kappa shape index (κ1) is 16.3. The molecule has 2 rings (SSSR count). The van der Waals surface area contributed by atoms with Crippen LogP contribution in [0.1, 0.15) is 25.3 Å². The van der Waals surface area contributed by atoms with Crippen molar-refractivity contribution in [1.82, 2.24) is 0 Å². The largest absolute Gasteiger partial charge is 0.465 e. The number of nitrogens with two attached hydrogens (primary N) is 1. The van der Waals surface area contributed by atoms with Gasteiger partial charge in [-0.3, -0.25) is 0 Å². The van der Waals surface area contributed by atoms with Gasteiger partial charge in [-0.05, 0) is 24.6 Å². The van der Waals surface area contributed by atoms with E-state index in [1.165, 1.54) is 6.92 Å². The highest BCUT2D eigenvalue weighted by molar-refractivity contribution is 7.92. The topological polar surface area (TPSA) is 86.5 Å². The van der Waals surface area contributed by atoms with Crippen molar-refractivity contribution >= 4 is 27.4 Å². The first-order valence-electron chi connectivity index (χ1n) is 6.72. The van der Waals surface area contributed by atoms with Crippen molar-refractivity contribution in [2.45, 2.75) is 30.6 Å². The van der Waals surface area contributed by atoms with E-state index >= 15 is 0 Å². The third-order valence-corrected chi connectivity index (χ3v) is 6.32. The van der Waals surface area contributed by atoms with E-state index in [2.05, 4.69) is 0 Å². The van der Waals surface area contributed by atoms with Gasteiger partial charge < -0.3 is 10.5 Å². The smallest absolute Gasteiger partial charge is 0.328 e. The Bertz CT molecular complexity index is 643. The van der Waals surface area contributed by atoms with Crippen LogP contribution < -0.4 is 5.73 Å². The molecule has 116 valence electrons. The molecule has 0 saturated heterocycles. The number of halogens is 1. The highest BCUT2D eigenvalue weighted by atomic mass is 35.5. The molecule has 1 aromatic rings. The van der Waals surface area contributed by atoms with E-state index < -0.39 is 32.5 Å². The number of carbonyl (C=O) groups is 1. The highest BCUT2D eigenvalue weighted by Crippen LogP contribution is 2.55. The third-order valence-electron chi connectivity index (χ3n) is 3.83. The number of benzene rings is 1. The van der Waals surface area contributed by atoms with Crippen LogP contribution in [-0.2, 0) is 19.4 Å². The highest BCUT2D eigenvalue weighted by Gasteiger charge is 2.74. The lowest BCUT2D eigenvalue weighted by molar-refractivity contribution is -0.145. The quantitative estimate of drug-likeness (QED) is 0.826. The fourth-order valence-electron chi connectivity index (χ4n) is 2.68. The zero-order valence-corrected chi connectivity index (χ0v) is 13.4. The van der Waals surface area contributed by atoms with Gasteiger partial charge in [0.25, 0.3) is 0 Å². The molecule has 21 heavy (non-hydrogen) atoms. The third kappa shape index (κ3) is 2.67. The number of carbonyl (C=O) groups excluding carboxylic acids is 1. The van der Waals surface area contributed by atoms with E-state index in [9.17, 15) is 13.2 Å². The summed E-state index contributed by atoms with van der Waals surface area (Å²) in [4.78, 5) is 12.1. The molecule has 5 nitrogen and oxygen atoms in total. The summed E-state index contributed by atoms with van der Waals surface area (Å²) < 4.78 is 29.4. The molecule has 0 bridgehead atoms. The maximum absolute atomic E-state index is 12.2. The summed E-state index contributed by atoms with van der Waals surface area (Å²) in [5, 5.41) is -0.414. The average molecular weight is 332 g/mol. The van der Waals surface area contributed by atoms with Gasteiger partial charge in [0, 0.05) is 16.7 Å². The predicted molar refractivity (Wildman–Crippen MR) is 81.0 cm³/mol. The Balaban J connectivity index is 2.42. The van der Waals surface area contributed by atoms with Gasteiger partial charge in [0.05, 0.1) is 11.9 Å². The molecule has 1 saturated carbocycles. The van der Waals surface area contributed by atoms with Crippen LogP contribution in [-0.4, -0.2) is 37.5 Å². The zero-order chi connectivity index (χ0) is 15.8. The molecule has 3 atom stereocenters. The number of hydrogen-bond acceptors (Lipinski definition) is 5. The van der Waals surface area contributed by atoms with Crippen molar-refractivity contribution in [3.05, 3.63) is 34.9 Å². The maximum Gasteiger partial charge on any atom is 0.328 e. The molecule has 0 unspecified atom stereocenters. The Labute approximate surface area is 129 Å². The average Bonchev–Trinajstić information content (AvgIpc) is 3.09. The van der Waals surface area contributed by atoms with Crippen LogP contribution in [0.4, 0.5) is 0 Å². The standard InChI is InChI=1S/C14H18ClNO4S/c1-3-20-13(17)14(16)11(12(14)21(18,19)4-2)9-5-7-10(15)8-6-9/h5-8,11-12H,3-4,16H2,1-2H3/t11-,12-,14-/m0/s1. The van der Waals surface area contributed by atoms with Crippen LogP contribution in [0.2, 0.25) is 5.02 Å². The molecule has 1 aromatic carbocycles. The summed E-state index contributed by atoms with van der Waals surface area (Å²) >= 11 is 5.83. The Morgan fingerprint density at radius 1 is 1.33 bits per heavy atom. The number of ether oxygens (including phenoxy) is 1. The van der Waals surface area contributed by atoms with E-state index in [1.54, 1.807) is 31.2 Å². The first-order valence-corrected chi connectivity index (χ1v) is 8.81. The van der Waals surface area contributed by atoms with Crippen molar-refractivity contribution in [3.63, 3.8) is 0 Å². The Morgan fingerprint density at radius 2 is 1.90 bits per heavy atom. The summed E-state index contributed by atoms with van der Waals surface area (Å²) in [7, 11) is -3.46. The molecular weight excluding hydrogens is 314 g/mol. The van der Waals surface area contributed by atoms with Gasteiger partial charge >= 0.3 is 5.97 Å². The number of rotatable bonds is 5. The monoisotopic (exact) mass is 331 g/mol. The first-order chi connectivity index (χ1) is 9.79. The molecule has 1 fully saturated rings. The van der Waals surface area contributed by atoms with Crippen molar-refractivity contribution < 1.29 is 17.9 Å². The molecule has 0 radical (unpaired) electrons. The molecular formula is C14H18ClNO4S. The summed E-state index contributed by atoms with van der Waals surface area (Å²) in [5.74, 6) is -1.34. The molecule has 0 aliphatic heterocycles. The van der Waals surface area contributed by atoms with Gasteiger partial charge in [-0.25, -0.2) is 13.2 Å². The minimum Gasteiger partial charge on any atom is -0.465 e. The Morgan fingerprint density at radius 3 is 2.38 bits per heavy atom. The van der Waals surface area contributed by atoms with E-state index in [1.807, 2.05) is 0 Å². The van der Waals surface area contributed by atoms with E-state index in [0.29, 0.717) is 10.6 Å². The predicted octanol–water partition coefficient (Wildman–Crippen LogP) is 1.50. The van der Waals surface area contributed by atoms with Crippen LogP contribution in [0.15, 0.2) is 24.3 Å². The molecule has 0 heterocycles. The zero-order valence-electron chi connectivity index (χ0n) is 11.9. The van der Waals surface area contributed by atoms with Gasteiger partial charge in [0.2, 0.25) is 0 Å². The van der Waals surface area contributed by atoms with Crippen molar-refractivity contribution in [1.29, 1.82) is 0 Å². The van der Waals surface area contributed by atoms with Crippen molar-refractivity contribution in [3.8, 4) is 0 Å². The van der Waals surface area contributed by atoms with Gasteiger partial charge in [-0.2, -0.15) is 0 Å². The van der Waals surface area contributed by atoms with Gasteiger partial charge in [-0.15, -0.1) is 0 Å².